The molecule has 128 valence electrons. The molecule has 0 bridgehead atoms. The molecule has 0 heterocycles. The van der Waals surface area contributed by atoms with Crippen molar-refractivity contribution in [2.45, 2.75) is 46.3 Å². The number of para-hydroxylation sites is 1. The van der Waals surface area contributed by atoms with Crippen LogP contribution in [0.1, 0.15) is 32.8 Å². The number of rotatable bonds is 7. The van der Waals surface area contributed by atoms with Gasteiger partial charge in [0.25, 0.3) is 5.91 Å². The maximum atomic E-state index is 12.5. The Balaban J connectivity index is 2.00. The third kappa shape index (κ3) is 5.01. The van der Waals surface area contributed by atoms with Gasteiger partial charge in [-0.05, 0) is 63.1 Å². The number of aryl methyl sites for hydroxylation is 1. The summed E-state index contributed by atoms with van der Waals surface area (Å²) in [6, 6.07) is 15.0. The number of anilines is 1. The van der Waals surface area contributed by atoms with E-state index in [1.54, 1.807) is 0 Å². The molecule has 0 aliphatic rings. The Morgan fingerprint density at radius 2 is 1.71 bits per heavy atom. The van der Waals surface area contributed by atoms with Crippen LogP contribution in [0.3, 0.4) is 0 Å². The van der Waals surface area contributed by atoms with E-state index in [-0.39, 0.29) is 12.0 Å². The van der Waals surface area contributed by atoms with Crippen LogP contribution < -0.4 is 14.8 Å². The van der Waals surface area contributed by atoms with Crippen LogP contribution in [0.4, 0.5) is 5.69 Å². The van der Waals surface area contributed by atoms with Crippen LogP contribution >= 0.6 is 0 Å². The van der Waals surface area contributed by atoms with Crippen molar-refractivity contribution in [2.24, 2.45) is 0 Å². The molecule has 24 heavy (non-hydrogen) atoms. The number of carbonyl (C=O) groups is 1. The monoisotopic (exact) mass is 327 g/mol. The second-order valence-electron chi connectivity index (χ2n) is 5.96. The molecule has 0 saturated carbocycles. The zero-order valence-electron chi connectivity index (χ0n) is 14.7. The molecule has 0 aromatic heterocycles. The third-order valence-electron chi connectivity index (χ3n) is 3.52. The molecule has 0 aliphatic heterocycles. The topological polar surface area (TPSA) is 47.6 Å². The Bertz CT molecular complexity index is 665. The molecule has 2 aromatic rings. The van der Waals surface area contributed by atoms with E-state index in [1.165, 1.54) is 0 Å². The third-order valence-corrected chi connectivity index (χ3v) is 3.52. The van der Waals surface area contributed by atoms with E-state index in [0.717, 1.165) is 22.7 Å². The van der Waals surface area contributed by atoms with Gasteiger partial charge in [-0.3, -0.25) is 4.79 Å². The molecule has 1 N–H and O–H groups in total. The van der Waals surface area contributed by atoms with E-state index in [2.05, 4.69) is 5.32 Å². The molecule has 0 unspecified atom stereocenters. The summed E-state index contributed by atoms with van der Waals surface area (Å²) in [6.45, 7) is 7.85. The van der Waals surface area contributed by atoms with Crippen LogP contribution in [0.25, 0.3) is 0 Å². The summed E-state index contributed by atoms with van der Waals surface area (Å²) in [5, 5.41) is 2.89. The van der Waals surface area contributed by atoms with E-state index in [0.29, 0.717) is 6.42 Å². The van der Waals surface area contributed by atoms with E-state index in [9.17, 15) is 4.79 Å². The van der Waals surface area contributed by atoms with Crippen molar-refractivity contribution >= 4 is 11.6 Å². The molecule has 2 aromatic carbocycles. The summed E-state index contributed by atoms with van der Waals surface area (Å²) in [6.07, 6.45) is 0.185. The molecule has 2 rings (SSSR count). The second kappa shape index (κ2) is 8.39. The van der Waals surface area contributed by atoms with Crippen molar-refractivity contribution in [1.82, 2.24) is 0 Å². The van der Waals surface area contributed by atoms with Crippen LogP contribution in [0.15, 0.2) is 48.5 Å². The fourth-order valence-corrected chi connectivity index (χ4v) is 2.28. The van der Waals surface area contributed by atoms with E-state index in [4.69, 9.17) is 9.47 Å². The zero-order chi connectivity index (χ0) is 17.5. The van der Waals surface area contributed by atoms with Gasteiger partial charge < -0.3 is 14.8 Å². The van der Waals surface area contributed by atoms with Gasteiger partial charge in [0.05, 0.1) is 6.10 Å². The van der Waals surface area contributed by atoms with Crippen LogP contribution in [-0.2, 0) is 4.79 Å². The van der Waals surface area contributed by atoms with Gasteiger partial charge in [0.1, 0.15) is 11.5 Å². The first-order chi connectivity index (χ1) is 11.5. The van der Waals surface area contributed by atoms with Gasteiger partial charge in [0.15, 0.2) is 6.10 Å². The summed E-state index contributed by atoms with van der Waals surface area (Å²) in [5.74, 6) is 1.37. The summed E-state index contributed by atoms with van der Waals surface area (Å²) in [7, 11) is 0. The minimum Gasteiger partial charge on any atom is -0.491 e. The Morgan fingerprint density at radius 3 is 2.29 bits per heavy atom. The van der Waals surface area contributed by atoms with Crippen molar-refractivity contribution < 1.29 is 14.3 Å². The number of ether oxygens (including phenoxy) is 2. The van der Waals surface area contributed by atoms with Gasteiger partial charge in [0.2, 0.25) is 0 Å². The van der Waals surface area contributed by atoms with Gasteiger partial charge in [-0.2, -0.15) is 0 Å². The van der Waals surface area contributed by atoms with Gasteiger partial charge in [-0.25, -0.2) is 0 Å². The molecule has 4 nitrogen and oxygen atoms in total. The molecular weight excluding hydrogens is 302 g/mol. The van der Waals surface area contributed by atoms with Gasteiger partial charge in [-0.15, -0.1) is 0 Å². The Labute approximate surface area is 143 Å². The van der Waals surface area contributed by atoms with Gasteiger partial charge in [0, 0.05) is 5.69 Å². The van der Waals surface area contributed by atoms with Crippen LogP contribution in [0.5, 0.6) is 11.5 Å². The molecule has 0 saturated heterocycles. The van der Waals surface area contributed by atoms with Crippen molar-refractivity contribution in [3.05, 3.63) is 54.1 Å². The fraction of sp³-hybridized carbons (Fsp3) is 0.350. The molecular formula is C20H25NO3. The summed E-state index contributed by atoms with van der Waals surface area (Å²) >= 11 is 0. The van der Waals surface area contributed by atoms with E-state index >= 15 is 0 Å². The SMILES string of the molecule is CC[C@H](Oc1ccccc1C)C(=O)Nc1ccc(OC(C)C)cc1. The highest BCUT2D eigenvalue weighted by Crippen LogP contribution is 2.21. The van der Waals surface area contributed by atoms with Crippen molar-refractivity contribution in [1.29, 1.82) is 0 Å². The molecule has 1 amide bonds. The predicted molar refractivity (Wildman–Crippen MR) is 96.7 cm³/mol. The number of hydrogen-bond acceptors (Lipinski definition) is 3. The lowest BCUT2D eigenvalue weighted by molar-refractivity contribution is -0.122. The molecule has 0 radical (unpaired) electrons. The maximum absolute atomic E-state index is 12.5. The standard InChI is InChI=1S/C20H25NO3/c1-5-18(24-19-9-7-6-8-15(19)4)20(22)21-16-10-12-17(13-11-16)23-14(2)3/h6-14,18H,5H2,1-4H3,(H,21,22)/t18-/m0/s1. The summed E-state index contributed by atoms with van der Waals surface area (Å²) in [5.41, 5.74) is 1.74. The largest absolute Gasteiger partial charge is 0.491 e. The lowest BCUT2D eigenvalue weighted by Gasteiger charge is -2.18. The Morgan fingerprint density at radius 1 is 1.04 bits per heavy atom. The molecule has 0 aliphatic carbocycles. The minimum absolute atomic E-state index is 0.123. The van der Waals surface area contributed by atoms with Crippen LogP contribution in [0, 0.1) is 6.92 Å². The van der Waals surface area contributed by atoms with Crippen LogP contribution in [-0.4, -0.2) is 18.1 Å². The van der Waals surface area contributed by atoms with Crippen LogP contribution in [0.2, 0.25) is 0 Å². The molecule has 0 spiro atoms. The van der Waals surface area contributed by atoms with Crippen molar-refractivity contribution in [2.75, 3.05) is 5.32 Å². The zero-order valence-corrected chi connectivity index (χ0v) is 14.7. The molecule has 4 heteroatoms. The highest BCUT2D eigenvalue weighted by Gasteiger charge is 2.19. The smallest absolute Gasteiger partial charge is 0.265 e. The summed E-state index contributed by atoms with van der Waals surface area (Å²) in [4.78, 5) is 12.5. The first-order valence-corrected chi connectivity index (χ1v) is 8.29. The van der Waals surface area contributed by atoms with Crippen molar-refractivity contribution in [3.8, 4) is 11.5 Å². The summed E-state index contributed by atoms with van der Waals surface area (Å²) < 4.78 is 11.5. The lowest BCUT2D eigenvalue weighted by atomic mass is 10.2. The average Bonchev–Trinajstić information content (AvgIpc) is 2.55. The first kappa shape index (κ1) is 17.9. The molecule has 1 atom stereocenters. The number of amides is 1. The fourth-order valence-electron chi connectivity index (χ4n) is 2.28. The second-order valence-corrected chi connectivity index (χ2v) is 5.96. The average molecular weight is 327 g/mol. The predicted octanol–water partition coefficient (Wildman–Crippen LogP) is 4.58. The maximum Gasteiger partial charge on any atom is 0.265 e. The highest BCUT2D eigenvalue weighted by molar-refractivity contribution is 5.94. The number of nitrogens with one attached hydrogen (secondary N) is 1. The first-order valence-electron chi connectivity index (χ1n) is 8.29. The quantitative estimate of drug-likeness (QED) is 0.810. The number of carbonyl (C=O) groups excluding carboxylic acids is 1. The van der Waals surface area contributed by atoms with Crippen molar-refractivity contribution in [3.63, 3.8) is 0 Å². The lowest BCUT2D eigenvalue weighted by Crippen LogP contribution is -2.32. The van der Waals surface area contributed by atoms with E-state index < -0.39 is 6.10 Å². The highest BCUT2D eigenvalue weighted by atomic mass is 16.5. The number of benzene rings is 2. The van der Waals surface area contributed by atoms with Gasteiger partial charge >= 0.3 is 0 Å². The number of hydrogen-bond donors (Lipinski definition) is 1. The normalized spacial score (nSPS) is 11.9. The Hall–Kier alpha value is -2.49. The molecule has 0 fully saturated rings. The Kier molecular flexibility index (Phi) is 6.24. The minimum atomic E-state index is -0.530. The van der Waals surface area contributed by atoms with Gasteiger partial charge in [-0.1, -0.05) is 25.1 Å². The van der Waals surface area contributed by atoms with E-state index in [1.807, 2.05) is 76.2 Å².